The van der Waals surface area contributed by atoms with Crippen LogP contribution in [0.2, 0.25) is 0 Å². The lowest BCUT2D eigenvalue weighted by atomic mass is 9.90. The van der Waals surface area contributed by atoms with Crippen molar-refractivity contribution in [1.29, 1.82) is 0 Å². The molecule has 2 aliphatic rings. The molecule has 2 N–H and O–H groups in total. The van der Waals surface area contributed by atoms with Gasteiger partial charge in [-0.1, -0.05) is 36.4 Å². The van der Waals surface area contributed by atoms with E-state index < -0.39 is 0 Å². The van der Waals surface area contributed by atoms with E-state index in [9.17, 15) is 0 Å². The highest BCUT2D eigenvalue weighted by atomic mass is 14.6. The van der Waals surface area contributed by atoms with Crippen LogP contribution in [0, 0.1) is 0 Å². The molecule has 0 heterocycles. The van der Waals surface area contributed by atoms with E-state index in [1.165, 1.54) is 28.7 Å². The van der Waals surface area contributed by atoms with Crippen molar-refractivity contribution in [1.82, 2.24) is 0 Å². The lowest BCUT2D eigenvalue weighted by Crippen LogP contribution is -2.15. The molecule has 2 aliphatic carbocycles. The van der Waals surface area contributed by atoms with E-state index in [4.69, 9.17) is 5.73 Å². The van der Waals surface area contributed by atoms with Crippen LogP contribution in [0.4, 0.5) is 0 Å². The summed E-state index contributed by atoms with van der Waals surface area (Å²) in [5, 5.41) is 0. The fraction of sp³-hybridized carbons (Fsp3) is 0.333. The third-order valence-electron chi connectivity index (χ3n) is 3.68. The molecule has 0 spiro atoms. The van der Waals surface area contributed by atoms with Gasteiger partial charge >= 0.3 is 0 Å². The van der Waals surface area contributed by atoms with Gasteiger partial charge in [-0.05, 0) is 48.0 Å². The number of rotatable bonds is 0. The summed E-state index contributed by atoms with van der Waals surface area (Å²) in [4.78, 5) is 0. The van der Waals surface area contributed by atoms with E-state index >= 15 is 0 Å². The maximum absolute atomic E-state index is 6.39. The summed E-state index contributed by atoms with van der Waals surface area (Å²) in [6.07, 6.45) is 9.32. The van der Waals surface area contributed by atoms with E-state index in [0.717, 1.165) is 19.3 Å². The van der Waals surface area contributed by atoms with Crippen LogP contribution in [-0.2, 0) is 6.42 Å². The maximum atomic E-state index is 6.39. The highest BCUT2D eigenvalue weighted by Gasteiger charge is 2.23. The molecule has 1 aromatic carbocycles. The number of nitrogens with two attached hydrogens (primary N) is 1. The van der Waals surface area contributed by atoms with Gasteiger partial charge < -0.3 is 5.73 Å². The summed E-state index contributed by atoms with van der Waals surface area (Å²) < 4.78 is 0. The average molecular weight is 211 g/mol. The molecule has 1 atom stereocenters. The van der Waals surface area contributed by atoms with E-state index in [1.54, 1.807) is 0 Å². The third kappa shape index (κ3) is 1.52. The van der Waals surface area contributed by atoms with E-state index in [2.05, 4.69) is 36.4 Å². The number of benzene rings is 1. The van der Waals surface area contributed by atoms with Crippen LogP contribution in [0.1, 0.15) is 36.4 Å². The van der Waals surface area contributed by atoms with Crippen molar-refractivity contribution in [2.75, 3.05) is 0 Å². The summed E-state index contributed by atoms with van der Waals surface area (Å²) >= 11 is 0. The minimum absolute atomic E-state index is 0.0882. The van der Waals surface area contributed by atoms with Crippen LogP contribution in [0.25, 0.3) is 0 Å². The minimum atomic E-state index is 0.0882. The Kier molecular flexibility index (Phi) is 2.41. The highest BCUT2D eigenvalue weighted by Crippen LogP contribution is 2.36. The molecule has 0 aromatic heterocycles. The molecule has 0 radical (unpaired) electrons. The first-order valence-corrected chi connectivity index (χ1v) is 6.09. The molecule has 16 heavy (non-hydrogen) atoms. The average Bonchev–Trinajstić information content (AvgIpc) is 2.49. The molecule has 1 heteroatoms. The smallest absolute Gasteiger partial charge is 0.0553 e. The van der Waals surface area contributed by atoms with E-state index in [0.29, 0.717) is 0 Å². The molecular weight excluding hydrogens is 194 g/mol. The fourth-order valence-corrected chi connectivity index (χ4v) is 2.82. The monoisotopic (exact) mass is 211 g/mol. The van der Waals surface area contributed by atoms with Crippen molar-refractivity contribution in [3.63, 3.8) is 0 Å². The zero-order chi connectivity index (χ0) is 11.0. The highest BCUT2D eigenvalue weighted by molar-refractivity contribution is 5.47. The second-order valence-corrected chi connectivity index (χ2v) is 4.64. The summed E-state index contributed by atoms with van der Waals surface area (Å²) in [6.45, 7) is 0. The third-order valence-corrected chi connectivity index (χ3v) is 3.68. The standard InChI is InChI=1S/C15H17N/c16-15-13-7-3-1-5-11(13)9-10-12-6-2-4-8-14(12)15/h1,3,5-8,15H,2,4,9-10,16H2. The van der Waals surface area contributed by atoms with Gasteiger partial charge in [0.25, 0.3) is 0 Å². The first kappa shape index (κ1) is 9.86. The molecule has 1 unspecified atom stereocenters. The zero-order valence-electron chi connectivity index (χ0n) is 9.45. The Morgan fingerprint density at radius 3 is 2.75 bits per heavy atom. The molecule has 0 saturated heterocycles. The fourth-order valence-electron chi connectivity index (χ4n) is 2.82. The minimum Gasteiger partial charge on any atom is -0.320 e. The van der Waals surface area contributed by atoms with Crippen LogP contribution in [0.3, 0.4) is 0 Å². The van der Waals surface area contributed by atoms with Crippen LogP contribution in [0.5, 0.6) is 0 Å². The molecule has 0 amide bonds. The quantitative estimate of drug-likeness (QED) is 0.700. The lowest BCUT2D eigenvalue weighted by Gasteiger charge is -2.20. The summed E-state index contributed by atoms with van der Waals surface area (Å²) in [6, 6.07) is 8.69. The van der Waals surface area contributed by atoms with Crippen molar-refractivity contribution in [3.05, 3.63) is 58.7 Å². The van der Waals surface area contributed by atoms with Crippen LogP contribution in [-0.4, -0.2) is 0 Å². The Morgan fingerprint density at radius 1 is 1.00 bits per heavy atom. The first-order chi connectivity index (χ1) is 7.86. The van der Waals surface area contributed by atoms with E-state index in [1.807, 2.05) is 0 Å². The topological polar surface area (TPSA) is 26.0 Å². The number of aryl methyl sites for hydroxylation is 1. The van der Waals surface area contributed by atoms with Crippen molar-refractivity contribution >= 4 is 0 Å². The zero-order valence-corrected chi connectivity index (χ0v) is 9.45. The van der Waals surface area contributed by atoms with Gasteiger partial charge in [0.1, 0.15) is 0 Å². The molecule has 0 saturated carbocycles. The Balaban J connectivity index is 2.10. The molecule has 0 aliphatic heterocycles. The number of hydrogen-bond acceptors (Lipinski definition) is 1. The normalized spacial score (nSPS) is 23.7. The molecule has 82 valence electrons. The summed E-state index contributed by atoms with van der Waals surface area (Å²) in [5.41, 5.74) is 12.0. The van der Waals surface area contributed by atoms with Gasteiger partial charge in [0.15, 0.2) is 0 Å². The van der Waals surface area contributed by atoms with E-state index in [-0.39, 0.29) is 6.04 Å². The predicted octanol–water partition coefficient (Wildman–Crippen LogP) is 3.28. The Labute approximate surface area is 96.7 Å². The van der Waals surface area contributed by atoms with Crippen LogP contribution >= 0.6 is 0 Å². The van der Waals surface area contributed by atoms with Crippen LogP contribution in [0.15, 0.2) is 47.6 Å². The van der Waals surface area contributed by atoms with Gasteiger partial charge in [-0.2, -0.15) is 0 Å². The molecular formula is C15H17N. The number of hydrogen-bond donors (Lipinski definition) is 1. The lowest BCUT2D eigenvalue weighted by molar-refractivity contribution is 0.821. The second kappa shape index (κ2) is 3.91. The summed E-state index contributed by atoms with van der Waals surface area (Å²) in [7, 11) is 0. The van der Waals surface area contributed by atoms with Crippen LogP contribution < -0.4 is 5.73 Å². The molecule has 3 rings (SSSR count). The SMILES string of the molecule is NC1C2=CCCC=C2CCc2ccccc21. The second-order valence-electron chi connectivity index (χ2n) is 4.64. The van der Waals surface area contributed by atoms with Crippen molar-refractivity contribution in [3.8, 4) is 0 Å². The Hall–Kier alpha value is -1.34. The van der Waals surface area contributed by atoms with Gasteiger partial charge in [0.05, 0.1) is 6.04 Å². The Bertz CT molecular complexity index is 468. The summed E-state index contributed by atoms with van der Waals surface area (Å²) in [5.74, 6) is 0. The van der Waals surface area contributed by atoms with Crippen molar-refractivity contribution < 1.29 is 0 Å². The molecule has 0 fully saturated rings. The van der Waals surface area contributed by atoms with Crippen molar-refractivity contribution in [2.24, 2.45) is 5.73 Å². The van der Waals surface area contributed by atoms with Gasteiger partial charge in [-0.3, -0.25) is 0 Å². The number of allylic oxidation sites excluding steroid dienone is 2. The van der Waals surface area contributed by atoms with Gasteiger partial charge in [-0.25, -0.2) is 0 Å². The number of fused-ring (bicyclic) bond motifs is 2. The maximum Gasteiger partial charge on any atom is 0.0553 e. The Morgan fingerprint density at radius 2 is 1.81 bits per heavy atom. The molecule has 1 aromatic rings. The van der Waals surface area contributed by atoms with Gasteiger partial charge in [0.2, 0.25) is 0 Å². The largest absolute Gasteiger partial charge is 0.320 e. The first-order valence-electron chi connectivity index (χ1n) is 6.09. The molecule has 0 bridgehead atoms. The molecule has 1 nitrogen and oxygen atoms in total. The predicted molar refractivity (Wildman–Crippen MR) is 67.1 cm³/mol. The van der Waals surface area contributed by atoms with Gasteiger partial charge in [-0.15, -0.1) is 0 Å². The van der Waals surface area contributed by atoms with Crippen molar-refractivity contribution in [2.45, 2.75) is 31.7 Å². The van der Waals surface area contributed by atoms with Gasteiger partial charge in [0, 0.05) is 0 Å².